The van der Waals surface area contributed by atoms with Gasteiger partial charge in [0.05, 0.1) is 0 Å². The molecule has 6 heteroatoms. The van der Waals surface area contributed by atoms with Gasteiger partial charge in [0.15, 0.2) is 0 Å². The molecular formula is C14H12N2O3Se. The van der Waals surface area contributed by atoms with Gasteiger partial charge in [-0.2, -0.15) is 0 Å². The summed E-state index contributed by atoms with van der Waals surface area (Å²) in [5.74, 6) is -0.0985. The summed E-state index contributed by atoms with van der Waals surface area (Å²) in [6.45, 7) is 1.47. The summed E-state index contributed by atoms with van der Waals surface area (Å²) in [6.07, 6.45) is 0. The molecule has 0 atom stereocenters. The van der Waals surface area contributed by atoms with E-state index in [2.05, 4.69) is 5.32 Å². The standard InChI is InChI=1S/C14H12N2O3Se/c1-10(17)15-11-2-6-13(7-3-11)20-14-8-4-12(5-9-14)16(18)19/h2-9H,1H3,(H,15,17). The van der Waals surface area contributed by atoms with Crippen LogP contribution in [0.3, 0.4) is 0 Å². The molecule has 2 aromatic rings. The van der Waals surface area contributed by atoms with Crippen molar-refractivity contribution in [2.75, 3.05) is 5.32 Å². The van der Waals surface area contributed by atoms with Gasteiger partial charge in [-0.25, -0.2) is 0 Å². The number of amides is 1. The fourth-order valence-corrected chi connectivity index (χ4v) is 3.29. The van der Waals surface area contributed by atoms with E-state index in [-0.39, 0.29) is 26.6 Å². The Morgan fingerprint density at radius 1 is 1.05 bits per heavy atom. The number of carbonyl (C=O) groups is 1. The molecule has 1 amide bonds. The summed E-state index contributed by atoms with van der Waals surface area (Å²) >= 11 is 0.0872. The van der Waals surface area contributed by atoms with Gasteiger partial charge >= 0.3 is 122 Å². The molecule has 0 fully saturated rings. The first-order chi connectivity index (χ1) is 9.54. The first kappa shape index (κ1) is 14.2. The Hall–Kier alpha value is -2.17. The number of nitrogens with zero attached hydrogens (tertiary/aromatic N) is 1. The predicted octanol–water partition coefficient (Wildman–Crippen LogP) is 1.21. The Balaban J connectivity index is 2.06. The van der Waals surface area contributed by atoms with Crippen molar-refractivity contribution in [3.8, 4) is 0 Å². The fraction of sp³-hybridized carbons (Fsp3) is 0.0714. The molecule has 102 valence electrons. The molecule has 0 spiro atoms. The number of hydrogen-bond acceptors (Lipinski definition) is 3. The Morgan fingerprint density at radius 2 is 1.55 bits per heavy atom. The summed E-state index contributed by atoms with van der Waals surface area (Å²) in [5.41, 5.74) is 0.867. The van der Waals surface area contributed by atoms with E-state index in [1.54, 1.807) is 12.1 Å². The molecule has 2 aromatic carbocycles. The molecule has 0 heterocycles. The Labute approximate surface area is 122 Å². The number of benzene rings is 2. The van der Waals surface area contributed by atoms with Gasteiger partial charge in [-0.15, -0.1) is 0 Å². The summed E-state index contributed by atoms with van der Waals surface area (Å²) in [6, 6.07) is 14.2. The van der Waals surface area contributed by atoms with E-state index < -0.39 is 4.92 Å². The van der Waals surface area contributed by atoms with E-state index in [9.17, 15) is 14.9 Å². The van der Waals surface area contributed by atoms with Crippen LogP contribution in [0, 0.1) is 10.1 Å². The second-order valence-electron chi connectivity index (χ2n) is 4.06. The number of anilines is 1. The number of carbonyl (C=O) groups excluding carboxylic acids is 1. The van der Waals surface area contributed by atoms with Crippen LogP contribution >= 0.6 is 0 Å². The van der Waals surface area contributed by atoms with Crippen molar-refractivity contribution in [2.24, 2.45) is 0 Å². The average molecular weight is 335 g/mol. The molecular weight excluding hydrogens is 323 g/mol. The predicted molar refractivity (Wildman–Crippen MR) is 78.9 cm³/mol. The molecule has 1 N–H and O–H groups in total. The molecule has 0 unspecified atom stereocenters. The van der Waals surface area contributed by atoms with Gasteiger partial charge in [0.2, 0.25) is 0 Å². The third kappa shape index (κ3) is 3.91. The summed E-state index contributed by atoms with van der Waals surface area (Å²) in [4.78, 5) is 21.1. The Kier molecular flexibility index (Phi) is 4.50. The van der Waals surface area contributed by atoms with Crippen LogP contribution in [0.1, 0.15) is 6.92 Å². The van der Waals surface area contributed by atoms with Crippen molar-refractivity contribution < 1.29 is 9.72 Å². The van der Waals surface area contributed by atoms with E-state index in [1.165, 1.54) is 19.1 Å². The second-order valence-corrected chi connectivity index (χ2v) is 6.46. The molecule has 0 aliphatic heterocycles. The zero-order valence-electron chi connectivity index (χ0n) is 10.7. The van der Waals surface area contributed by atoms with E-state index >= 15 is 0 Å². The molecule has 0 aliphatic rings. The van der Waals surface area contributed by atoms with Crippen LogP contribution in [0.2, 0.25) is 0 Å². The van der Waals surface area contributed by atoms with Crippen LogP contribution in [0.4, 0.5) is 11.4 Å². The summed E-state index contributed by atoms with van der Waals surface area (Å²) in [7, 11) is 0. The van der Waals surface area contributed by atoms with Gasteiger partial charge in [0.25, 0.3) is 0 Å². The van der Waals surface area contributed by atoms with E-state index in [0.29, 0.717) is 0 Å². The molecule has 0 aliphatic carbocycles. The van der Waals surface area contributed by atoms with Crippen molar-refractivity contribution in [3.63, 3.8) is 0 Å². The molecule has 0 saturated carbocycles. The van der Waals surface area contributed by atoms with Gasteiger partial charge in [0.1, 0.15) is 0 Å². The monoisotopic (exact) mass is 336 g/mol. The van der Waals surface area contributed by atoms with Crippen molar-refractivity contribution in [1.82, 2.24) is 0 Å². The molecule has 20 heavy (non-hydrogen) atoms. The molecule has 0 bridgehead atoms. The third-order valence-electron chi connectivity index (χ3n) is 2.46. The first-order valence-corrected chi connectivity index (χ1v) is 7.56. The van der Waals surface area contributed by atoms with Gasteiger partial charge < -0.3 is 0 Å². The van der Waals surface area contributed by atoms with Crippen molar-refractivity contribution in [1.29, 1.82) is 0 Å². The quantitative estimate of drug-likeness (QED) is 0.519. The van der Waals surface area contributed by atoms with Crippen LogP contribution in [-0.4, -0.2) is 25.8 Å². The van der Waals surface area contributed by atoms with Gasteiger partial charge in [0, 0.05) is 0 Å². The summed E-state index contributed by atoms with van der Waals surface area (Å²) < 4.78 is 2.20. The van der Waals surface area contributed by atoms with Gasteiger partial charge in [-0.3, -0.25) is 0 Å². The number of hydrogen-bond donors (Lipinski definition) is 1. The maximum absolute atomic E-state index is 10.9. The first-order valence-electron chi connectivity index (χ1n) is 5.84. The molecule has 0 aromatic heterocycles. The minimum atomic E-state index is -0.404. The van der Waals surface area contributed by atoms with E-state index in [1.807, 2.05) is 24.3 Å². The SMILES string of the molecule is CC(=O)Nc1ccc([Se]c2ccc([N+](=O)[O-])cc2)cc1. The number of nitro benzene ring substituents is 1. The van der Waals surface area contributed by atoms with E-state index in [0.717, 1.165) is 14.6 Å². The molecule has 2 rings (SSSR count). The minimum absolute atomic E-state index is 0.0872. The van der Waals surface area contributed by atoms with Crippen LogP contribution in [0.25, 0.3) is 0 Å². The van der Waals surface area contributed by atoms with E-state index in [4.69, 9.17) is 0 Å². The number of nitro groups is 1. The zero-order chi connectivity index (χ0) is 14.5. The van der Waals surface area contributed by atoms with Gasteiger partial charge in [-0.1, -0.05) is 0 Å². The third-order valence-corrected chi connectivity index (χ3v) is 4.59. The summed E-state index contributed by atoms with van der Waals surface area (Å²) in [5, 5.41) is 13.3. The van der Waals surface area contributed by atoms with Crippen LogP contribution in [0.5, 0.6) is 0 Å². The van der Waals surface area contributed by atoms with Crippen molar-refractivity contribution >= 4 is 41.2 Å². The molecule has 0 saturated heterocycles. The second kappa shape index (κ2) is 6.32. The Bertz CT molecular complexity index is 624. The number of non-ortho nitro benzene ring substituents is 1. The van der Waals surface area contributed by atoms with Crippen LogP contribution in [-0.2, 0) is 4.79 Å². The number of rotatable bonds is 4. The average Bonchev–Trinajstić information content (AvgIpc) is 2.41. The maximum atomic E-state index is 10.9. The van der Waals surface area contributed by atoms with Crippen molar-refractivity contribution in [2.45, 2.75) is 6.92 Å². The molecule has 0 radical (unpaired) electrons. The zero-order valence-corrected chi connectivity index (χ0v) is 12.4. The van der Waals surface area contributed by atoms with Crippen LogP contribution in [0.15, 0.2) is 48.5 Å². The normalized spacial score (nSPS) is 10.1. The van der Waals surface area contributed by atoms with Gasteiger partial charge in [-0.05, 0) is 0 Å². The fourth-order valence-electron chi connectivity index (χ4n) is 1.58. The molecule has 5 nitrogen and oxygen atoms in total. The van der Waals surface area contributed by atoms with Crippen molar-refractivity contribution in [3.05, 3.63) is 58.6 Å². The number of nitrogens with one attached hydrogen (secondary N) is 1. The topological polar surface area (TPSA) is 72.2 Å². The van der Waals surface area contributed by atoms with Crippen LogP contribution < -0.4 is 14.2 Å². The Morgan fingerprint density at radius 3 is 2.00 bits per heavy atom.